The molecule has 96 valence electrons. The maximum Gasteiger partial charge on any atom is 0.320 e. The Morgan fingerprint density at radius 1 is 1.56 bits per heavy atom. The third-order valence-electron chi connectivity index (χ3n) is 2.05. The predicted molar refractivity (Wildman–Crippen MR) is 60.9 cm³/mol. The minimum Gasteiger partial charge on any atom is -0.480 e. The largest absolute Gasteiger partial charge is 0.480 e. The van der Waals surface area contributed by atoms with E-state index in [-0.39, 0.29) is 16.8 Å². The molecule has 0 aliphatic rings. The number of rotatable bonds is 4. The fourth-order valence-electron chi connectivity index (χ4n) is 1.22. The molecule has 0 aromatic heterocycles. The zero-order valence-electron chi connectivity index (χ0n) is 9.27. The summed E-state index contributed by atoms with van der Waals surface area (Å²) < 4.78 is 38.0. The molecule has 0 saturated carbocycles. The van der Waals surface area contributed by atoms with E-state index < -0.39 is 27.6 Å². The first-order chi connectivity index (χ1) is 8.25. The van der Waals surface area contributed by atoms with E-state index in [9.17, 15) is 17.6 Å². The zero-order valence-corrected chi connectivity index (χ0v) is 10.1. The molecule has 2 N–H and O–H groups in total. The van der Waals surface area contributed by atoms with E-state index in [0.29, 0.717) is 0 Å². The molecule has 0 bridgehead atoms. The lowest BCUT2D eigenvalue weighted by Crippen LogP contribution is -2.23. The highest BCUT2D eigenvalue weighted by atomic mass is 32.2. The van der Waals surface area contributed by atoms with Crippen LogP contribution >= 0.6 is 0 Å². The van der Waals surface area contributed by atoms with E-state index in [1.54, 1.807) is 6.07 Å². The quantitative estimate of drug-likeness (QED) is 0.844. The fourth-order valence-corrected chi connectivity index (χ4v) is 2.16. The van der Waals surface area contributed by atoms with Gasteiger partial charge in [0, 0.05) is 5.56 Å². The van der Waals surface area contributed by atoms with Crippen molar-refractivity contribution in [2.24, 2.45) is 0 Å². The Balaban J connectivity index is 3.16. The minimum absolute atomic E-state index is 0.0111. The molecule has 0 aliphatic heterocycles. The number of aliphatic carboxylic acids is 1. The van der Waals surface area contributed by atoms with E-state index in [2.05, 4.69) is 0 Å². The molecular weight excluding hydrogens is 263 g/mol. The summed E-state index contributed by atoms with van der Waals surface area (Å²) in [5.41, 5.74) is -0.220. The van der Waals surface area contributed by atoms with Crippen LogP contribution in [-0.2, 0) is 14.8 Å². The van der Waals surface area contributed by atoms with Crippen LogP contribution in [0.25, 0.3) is 0 Å². The topological polar surface area (TPSA) is 107 Å². The van der Waals surface area contributed by atoms with Crippen LogP contribution in [0.1, 0.15) is 11.1 Å². The third kappa shape index (κ3) is 3.43. The van der Waals surface area contributed by atoms with Crippen LogP contribution in [-0.4, -0.2) is 25.2 Å². The van der Waals surface area contributed by atoms with Crippen molar-refractivity contribution in [3.05, 3.63) is 29.1 Å². The van der Waals surface area contributed by atoms with Gasteiger partial charge in [0.1, 0.15) is 5.82 Å². The summed E-state index contributed by atoms with van der Waals surface area (Å²) >= 11 is 0. The van der Waals surface area contributed by atoms with E-state index >= 15 is 0 Å². The SMILES string of the molecule is Cc1c(F)cc(C#N)cc1NS(=O)(=O)CC(=O)O. The van der Waals surface area contributed by atoms with Gasteiger partial charge in [-0.25, -0.2) is 12.8 Å². The Labute approximate surface area is 103 Å². The third-order valence-corrected chi connectivity index (χ3v) is 3.21. The number of hydrogen-bond acceptors (Lipinski definition) is 4. The average molecular weight is 272 g/mol. The number of carboxylic acids is 1. The van der Waals surface area contributed by atoms with Crippen molar-refractivity contribution < 1.29 is 22.7 Å². The maximum atomic E-state index is 13.4. The maximum absolute atomic E-state index is 13.4. The van der Waals surface area contributed by atoms with Crippen LogP contribution in [0.3, 0.4) is 0 Å². The van der Waals surface area contributed by atoms with Gasteiger partial charge in [-0.2, -0.15) is 5.26 Å². The van der Waals surface area contributed by atoms with Crippen molar-refractivity contribution in [3.63, 3.8) is 0 Å². The molecule has 0 fully saturated rings. The van der Waals surface area contributed by atoms with Gasteiger partial charge < -0.3 is 5.11 Å². The molecule has 1 aromatic carbocycles. The van der Waals surface area contributed by atoms with Gasteiger partial charge >= 0.3 is 5.97 Å². The minimum atomic E-state index is -4.12. The molecule has 0 atom stereocenters. The number of nitriles is 1. The van der Waals surface area contributed by atoms with Crippen LogP contribution < -0.4 is 4.72 Å². The summed E-state index contributed by atoms with van der Waals surface area (Å²) in [6, 6.07) is 3.77. The van der Waals surface area contributed by atoms with Crippen molar-refractivity contribution in [2.45, 2.75) is 6.92 Å². The Kier molecular flexibility index (Phi) is 3.88. The first kappa shape index (κ1) is 13.9. The number of sulfonamides is 1. The van der Waals surface area contributed by atoms with E-state index in [0.717, 1.165) is 12.1 Å². The van der Waals surface area contributed by atoms with Crippen molar-refractivity contribution in [1.82, 2.24) is 0 Å². The number of benzene rings is 1. The van der Waals surface area contributed by atoms with Gasteiger partial charge in [-0.3, -0.25) is 9.52 Å². The molecule has 18 heavy (non-hydrogen) atoms. The van der Waals surface area contributed by atoms with Gasteiger partial charge in [-0.05, 0) is 19.1 Å². The number of carbonyl (C=O) groups is 1. The number of carboxylic acid groups (broad SMARTS) is 1. The first-order valence-corrected chi connectivity index (χ1v) is 6.33. The molecule has 0 saturated heterocycles. The first-order valence-electron chi connectivity index (χ1n) is 4.67. The van der Waals surface area contributed by atoms with Crippen molar-refractivity contribution in [2.75, 3.05) is 10.5 Å². The van der Waals surface area contributed by atoms with E-state index in [4.69, 9.17) is 10.4 Å². The summed E-state index contributed by atoms with van der Waals surface area (Å²) in [6.07, 6.45) is 0. The molecule has 0 unspecified atom stereocenters. The van der Waals surface area contributed by atoms with Crippen molar-refractivity contribution in [3.8, 4) is 6.07 Å². The Morgan fingerprint density at radius 3 is 2.67 bits per heavy atom. The Bertz CT molecular complexity index is 634. The molecule has 8 heteroatoms. The number of anilines is 1. The predicted octanol–water partition coefficient (Wildman–Crippen LogP) is 0.832. The van der Waals surface area contributed by atoms with Crippen LogP contribution in [0, 0.1) is 24.1 Å². The van der Waals surface area contributed by atoms with Crippen LogP contribution in [0.2, 0.25) is 0 Å². The summed E-state index contributed by atoms with van der Waals surface area (Å²) in [5.74, 6) is -3.41. The number of hydrogen-bond donors (Lipinski definition) is 2. The van der Waals surface area contributed by atoms with Gasteiger partial charge in [0.25, 0.3) is 0 Å². The highest BCUT2D eigenvalue weighted by Crippen LogP contribution is 2.21. The molecule has 1 rings (SSSR count). The zero-order chi connectivity index (χ0) is 13.9. The summed E-state index contributed by atoms with van der Waals surface area (Å²) in [4.78, 5) is 10.3. The molecule has 0 aliphatic carbocycles. The van der Waals surface area contributed by atoms with Crippen LogP contribution in [0.15, 0.2) is 12.1 Å². The molecule has 0 spiro atoms. The highest BCUT2D eigenvalue weighted by Gasteiger charge is 2.18. The van der Waals surface area contributed by atoms with Gasteiger partial charge in [0.15, 0.2) is 5.75 Å². The van der Waals surface area contributed by atoms with Gasteiger partial charge in [-0.1, -0.05) is 0 Å². The van der Waals surface area contributed by atoms with E-state index in [1.165, 1.54) is 6.92 Å². The van der Waals surface area contributed by atoms with E-state index in [1.807, 2.05) is 4.72 Å². The number of halogens is 1. The van der Waals surface area contributed by atoms with Crippen LogP contribution in [0.5, 0.6) is 0 Å². The lowest BCUT2D eigenvalue weighted by atomic mass is 10.1. The summed E-state index contributed by atoms with van der Waals surface area (Å²) in [7, 11) is -4.12. The molecule has 0 amide bonds. The van der Waals surface area contributed by atoms with Gasteiger partial charge in [-0.15, -0.1) is 0 Å². The standard InChI is InChI=1S/C10H9FN2O4S/c1-6-8(11)2-7(4-12)3-9(6)13-18(16,17)5-10(14)15/h2-3,13H,5H2,1H3,(H,14,15). The molecule has 0 radical (unpaired) electrons. The van der Waals surface area contributed by atoms with Crippen LogP contribution in [0.4, 0.5) is 10.1 Å². The summed E-state index contributed by atoms with van der Waals surface area (Å²) in [5, 5.41) is 17.0. The monoisotopic (exact) mass is 272 g/mol. The summed E-state index contributed by atoms with van der Waals surface area (Å²) in [6.45, 7) is 1.31. The van der Waals surface area contributed by atoms with Crippen molar-refractivity contribution >= 4 is 21.7 Å². The Hall–Kier alpha value is -2.14. The smallest absolute Gasteiger partial charge is 0.320 e. The lowest BCUT2D eigenvalue weighted by molar-refractivity contribution is -0.134. The van der Waals surface area contributed by atoms with Gasteiger partial charge in [0.05, 0.1) is 17.3 Å². The Morgan fingerprint density at radius 2 is 2.17 bits per heavy atom. The lowest BCUT2D eigenvalue weighted by Gasteiger charge is -2.10. The number of nitrogens with one attached hydrogen (secondary N) is 1. The number of nitrogens with zero attached hydrogens (tertiary/aromatic N) is 1. The fraction of sp³-hybridized carbons (Fsp3) is 0.200. The normalized spacial score (nSPS) is 10.7. The second-order valence-electron chi connectivity index (χ2n) is 3.50. The highest BCUT2D eigenvalue weighted by molar-refractivity contribution is 7.93. The molecule has 1 aromatic rings. The average Bonchev–Trinajstić information content (AvgIpc) is 2.22. The second kappa shape index (κ2) is 5.01. The second-order valence-corrected chi connectivity index (χ2v) is 5.22. The molecule has 6 nitrogen and oxygen atoms in total. The van der Waals surface area contributed by atoms with Crippen molar-refractivity contribution in [1.29, 1.82) is 5.26 Å². The molecular formula is C10H9FN2O4S. The molecule has 0 heterocycles. The van der Waals surface area contributed by atoms with Gasteiger partial charge in [0.2, 0.25) is 10.0 Å².